The molecule has 0 saturated carbocycles. The van der Waals surface area contributed by atoms with Crippen LogP contribution in [0.3, 0.4) is 0 Å². The van der Waals surface area contributed by atoms with Crippen molar-refractivity contribution in [1.82, 2.24) is 0 Å². The Morgan fingerprint density at radius 2 is 1.70 bits per heavy atom. The lowest BCUT2D eigenvalue weighted by molar-refractivity contribution is -0.116. The second-order valence-corrected chi connectivity index (χ2v) is 8.38. The molecule has 0 amide bonds. The standard InChI is InChI=1S/C27H26N2O4/c1-32-19-7-5-6-16(12-19)18-13-22-26(24(31)14-18)27(17-10-11-23(30)25(15-17)33-2)29-21-9-4-3-8-20(21)28-22/h3-12,15,18,27-30H,13-14H2,1-2H3. The van der Waals surface area contributed by atoms with Gasteiger partial charge in [0, 0.05) is 17.7 Å². The first-order valence-corrected chi connectivity index (χ1v) is 11.0. The number of carbonyl (C=O) groups excluding carboxylic acids is 1. The van der Waals surface area contributed by atoms with Crippen molar-refractivity contribution >= 4 is 17.2 Å². The van der Waals surface area contributed by atoms with Crippen LogP contribution < -0.4 is 20.1 Å². The van der Waals surface area contributed by atoms with Crippen molar-refractivity contribution in [2.75, 3.05) is 24.9 Å². The van der Waals surface area contributed by atoms with E-state index in [0.29, 0.717) is 18.6 Å². The summed E-state index contributed by atoms with van der Waals surface area (Å²) in [6.07, 6.45) is 1.12. The van der Waals surface area contributed by atoms with E-state index in [0.717, 1.165) is 39.5 Å². The number of hydrogen-bond donors (Lipinski definition) is 3. The highest BCUT2D eigenvalue weighted by Crippen LogP contribution is 2.45. The maximum atomic E-state index is 13.6. The highest BCUT2D eigenvalue weighted by Gasteiger charge is 2.36. The first-order valence-electron chi connectivity index (χ1n) is 11.0. The Morgan fingerprint density at radius 3 is 2.48 bits per heavy atom. The number of methoxy groups -OCH3 is 2. The van der Waals surface area contributed by atoms with Crippen LogP contribution >= 0.6 is 0 Å². The van der Waals surface area contributed by atoms with Crippen molar-refractivity contribution in [3.8, 4) is 17.2 Å². The van der Waals surface area contributed by atoms with E-state index in [4.69, 9.17) is 9.47 Å². The molecule has 5 rings (SSSR count). The number of ketones is 1. The SMILES string of the molecule is COc1cccc(C2CC(=O)C3=C(C2)Nc2ccccc2NC3c2ccc(O)c(OC)c2)c1. The predicted octanol–water partition coefficient (Wildman–Crippen LogP) is 5.39. The summed E-state index contributed by atoms with van der Waals surface area (Å²) in [4.78, 5) is 13.6. The van der Waals surface area contributed by atoms with Gasteiger partial charge in [-0.15, -0.1) is 0 Å². The molecule has 0 saturated heterocycles. The molecule has 6 heteroatoms. The van der Waals surface area contributed by atoms with Gasteiger partial charge in [0.1, 0.15) is 5.75 Å². The molecule has 1 heterocycles. The van der Waals surface area contributed by atoms with Crippen molar-refractivity contribution in [2.24, 2.45) is 0 Å². The van der Waals surface area contributed by atoms with Gasteiger partial charge >= 0.3 is 0 Å². The molecule has 2 atom stereocenters. The van der Waals surface area contributed by atoms with Crippen LogP contribution in [0.5, 0.6) is 17.2 Å². The second kappa shape index (κ2) is 8.54. The van der Waals surface area contributed by atoms with E-state index in [1.54, 1.807) is 19.2 Å². The van der Waals surface area contributed by atoms with Crippen molar-refractivity contribution < 1.29 is 19.4 Å². The molecule has 3 N–H and O–H groups in total. The Hall–Kier alpha value is -3.93. The number of Topliss-reactive ketones (excluding diaryl/α,β-unsaturated/α-hetero) is 1. The first kappa shape index (κ1) is 20.9. The lowest BCUT2D eigenvalue weighted by atomic mass is 9.78. The Bertz CT molecular complexity index is 1250. The van der Waals surface area contributed by atoms with E-state index in [2.05, 4.69) is 16.7 Å². The quantitative estimate of drug-likeness (QED) is 0.503. The molecular weight excluding hydrogens is 416 g/mol. The highest BCUT2D eigenvalue weighted by atomic mass is 16.5. The minimum absolute atomic E-state index is 0.0547. The Kier molecular flexibility index (Phi) is 5.42. The molecule has 2 unspecified atom stereocenters. The van der Waals surface area contributed by atoms with Gasteiger partial charge in [-0.3, -0.25) is 4.79 Å². The summed E-state index contributed by atoms with van der Waals surface area (Å²) in [7, 11) is 3.17. The van der Waals surface area contributed by atoms with Crippen molar-refractivity contribution in [3.05, 3.63) is 89.1 Å². The lowest BCUT2D eigenvalue weighted by Crippen LogP contribution is -2.26. The molecule has 3 aromatic carbocycles. The number of nitrogens with one attached hydrogen (secondary N) is 2. The van der Waals surface area contributed by atoms with E-state index in [-0.39, 0.29) is 23.5 Å². The van der Waals surface area contributed by atoms with E-state index in [1.165, 1.54) is 7.11 Å². The summed E-state index contributed by atoms with van der Waals surface area (Å²) in [6.45, 7) is 0. The monoisotopic (exact) mass is 442 g/mol. The molecule has 0 spiro atoms. The van der Waals surface area contributed by atoms with E-state index >= 15 is 0 Å². The minimum atomic E-state index is -0.371. The zero-order valence-corrected chi connectivity index (χ0v) is 18.6. The zero-order chi connectivity index (χ0) is 22.9. The molecule has 2 aliphatic rings. The maximum Gasteiger partial charge on any atom is 0.163 e. The molecule has 3 aromatic rings. The van der Waals surface area contributed by atoms with Crippen LogP contribution in [0.15, 0.2) is 78.0 Å². The van der Waals surface area contributed by atoms with Gasteiger partial charge in [0.2, 0.25) is 0 Å². The van der Waals surface area contributed by atoms with E-state index < -0.39 is 0 Å². The fourth-order valence-electron chi connectivity index (χ4n) is 4.75. The number of carbonyl (C=O) groups is 1. The smallest absolute Gasteiger partial charge is 0.163 e. The maximum absolute atomic E-state index is 13.6. The van der Waals surface area contributed by atoms with Crippen molar-refractivity contribution in [1.29, 1.82) is 0 Å². The van der Waals surface area contributed by atoms with Crippen LogP contribution in [0, 0.1) is 0 Å². The first-order chi connectivity index (χ1) is 16.1. The molecule has 1 aliphatic carbocycles. The number of allylic oxidation sites excluding steroid dienone is 1. The summed E-state index contributed by atoms with van der Waals surface area (Å²) in [6, 6.07) is 20.7. The van der Waals surface area contributed by atoms with Crippen LogP contribution in [0.4, 0.5) is 11.4 Å². The highest BCUT2D eigenvalue weighted by molar-refractivity contribution is 6.01. The third-order valence-corrected chi connectivity index (χ3v) is 6.41. The fourth-order valence-corrected chi connectivity index (χ4v) is 4.75. The summed E-state index contributed by atoms with van der Waals surface area (Å²) >= 11 is 0. The summed E-state index contributed by atoms with van der Waals surface area (Å²) in [5.74, 6) is 1.37. The van der Waals surface area contributed by atoms with Gasteiger partial charge in [0.15, 0.2) is 17.3 Å². The fraction of sp³-hybridized carbons (Fsp3) is 0.222. The number of rotatable bonds is 4. The van der Waals surface area contributed by atoms with Gasteiger partial charge < -0.3 is 25.2 Å². The van der Waals surface area contributed by atoms with Crippen LogP contribution in [0.2, 0.25) is 0 Å². The number of fused-ring (bicyclic) bond motifs is 1. The molecule has 0 radical (unpaired) electrons. The molecular formula is C27H26N2O4. The van der Waals surface area contributed by atoms with Crippen molar-refractivity contribution in [2.45, 2.75) is 24.8 Å². The molecule has 1 aliphatic heterocycles. The summed E-state index contributed by atoms with van der Waals surface area (Å²) in [5, 5.41) is 17.2. The molecule has 168 valence electrons. The number of benzene rings is 3. The van der Waals surface area contributed by atoms with Gasteiger partial charge in [-0.2, -0.15) is 0 Å². The largest absolute Gasteiger partial charge is 0.504 e. The van der Waals surface area contributed by atoms with E-state index in [1.807, 2.05) is 48.5 Å². The molecule has 0 fully saturated rings. The summed E-state index contributed by atoms with van der Waals surface area (Å²) < 4.78 is 10.7. The summed E-state index contributed by atoms with van der Waals surface area (Å²) in [5.41, 5.74) is 5.41. The van der Waals surface area contributed by atoms with Gasteiger partial charge in [-0.05, 0) is 59.9 Å². The zero-order valence-electron chi connectivity index (χ0n) is 18.6. The number of phenols is 1. The van der Waals surface area contributed by atoms with Gasteiger partial charge in [-0.25, -0.2) is 0 Å². The number of hydrogen-bond acceptors (Lipinski definition) is 6. The Morgan fingerprint density at radius 1 is 0.879 bits per heavy atom. The topological polar surface area (TPSA) is 79.8 Å². The Labute approximate surface area is 192 Å². The van der Waals surface area contributed by atoms with Gasteiger partial charge in [0.25, 0.3) is 0 Å². The van der Waals surface area contributed by atoms with Crippen LogP contribution in [0.25, 0.3) is 0 Å². The number of ether oxygens (including phenoxy) is 2. The third kappa shape index (κ3) is 3.89. The second-order valence-electron chi connectivity index (χ2n) is 8.38. The molecule has 6 nitrogen and oxygen atoms in total. The average Bonchev–Trinajstić information content (AvgIpc) is 3.01. The van der Waals surface area contributed by atoms with E-state index in [9.17, 15) is 9.90 Å². The van der Waals surface area contributed by atoms with Crippen LogP contribution in [-0.2, 0) is 4.79 Å². The third-order valence-electron chi connectivity index (χ3n) is 6.41. The number of aromatic hydroxyl groups is 1. The minimum Gasteiger partial charge on any atom is -0.504 e. The predicted molar refractivity (Wildman–Crippen MR) is 128 cm³/mol. The normalized spacial score (nSPS) is 19.5. The van der Waals surface area contributed by atoms with Crippen LogP contribution in [0.1, 0.15) is 35.9 Å². The number of phenolic OH excluding ortho intramolecular Hbond substituents is 1. The van der Waals surface area contributed by atoms with Crippen LogP contribution in [-0.4, -0.2) is 25.1 Å². The van der Waals surface area contributed by atoms with Crippen molar-refractivity contribution in [3.63, 3.8) is 0 Å². The van der Waals surface area contributed by atoms with Gasteiger partial charge in [0.05, 0.1) is 31.6 Å². The average molecular weight is 443 g/mol. The number of anilines is 2. The lowest BCUT2D eigenvalue weighted by Gasteiger charge is -2.30. The van der Waals surface area contributed by atoms with Gasteiger partial charge in [-0.1, -0.05) is 30.3 Å². The Balaban J connectivity index is 1.60. The molecule has 0 bridgehead atoms. The molecule has 33 heavy (non-hydrogen) atoms. The molecule has 0 aromatic heterocycles. The number of para-hydroxylation sites is 2.